The number of halogens is 2. The first-order valence-electron chi connectivity index (χ1n) is 8.13. The van der Waals surface area contributed by atoms with Gasteiger partial charge >= 0.3 is 0 Å². The molecule has 2 aromatic rings. The van der Waals surface area contributed by atoms with Crippen LogP contribution in [-0.4, -0.2) is 35.4 Å². The van der Waals surface area contributed by atoms with Gasteiger partial charge in [0, 0.05) is 29.1 Å². The van der Waals surface area contributed by atoms with Gasteiger partial charge in [0.15, 0.2) is 0 Å². The molecule has 1 saturated heterocycles. The van der Waals surface area contributed by atoms with Gasteiger partial charge in [0.1, 0.15) is 0 Å². The van der Waals surface area contributed by atoms with Crippen molar-refractivity contribution in [1.82, 2.24) is 9.88 Å². The number of aryl methyl sites for hydroxylation is 1. The lowest BCUT2D eigenvalue weighted by atomic mass is 9.90. The van der Waals surface area contributed by atoms with E-state index in [0.29, 0.717) is 6.54 Å². The van der Waals surface area contributed by atoms with Crippen LogP contribution in [0.1, 0.15) is 34.4 Å². The van der Waals surface area contributed by atoms with Crippen molar-refractivity contribution >= 4 is 53.8 Å². The lowest BCUT2D eigenvalue weighted by Gasteiger charge is -2.23. The first-order chi connectivity index (χ1) is 11.5. The van der Waals surface area contributed by atoms with Crippen LogP contribution in [0.5, 0.6) is 0 Å². The molecule has 0 spiro atoms. The van der Waals surface area contributed by atoms with E-state index in [1.54, 1.807) is 23.1 Å². The first kappa shape index (κ1) is 23.2. The van der Waals surface area contributed by atoms with Gasteiger partial charge in [-0.3, -0.25) is 4.79 Å². The number of likely N-dealkylation sites (tertiary alicyclic amines) is 1. The van der Waals surface area contributed by atoms with Gasteiger partial charge in [-0.25, -0.2) is 4.98 Å². The van der Waals surface area contributed by atoms with Crippen LogP contribution >= 0.6 is 47.9 Å². The Kier molecular flexibility index (Phi) is 8.89. The number of hydrogen-bond donors (Lipinski definition) is 1. The lowest BCUT2D eigenvalue weighted by Crippen LogP contribution is -2.34. The molecule has 8 heteroatoms. The molecule has 1 aromatic carbocycles. The van der Waals surface area contributed by atoms with Crippen molar-refractivity contribution < 1.29 is 4.79 Å². The summed E-state index contributed by atoms with van der Waals surface area (Å²) < 4.78 is 0. The van der Waals surface area contributed by atoms with Gasteiger partial charge in [-0.15, -0.1) is 47.9 Å². The Morgan fingerprint density at radius 3 is 2.73 bits per heavy atom. The van der Waals surface area contributed by atoms with E-state index in [4.69, 9.17) is 5.73 Å². The molecule has 1 unspecified atom stereocenters. The average Bonchev–Trinajstić information content (AvgIpc) is 3.19. The molecular formula is C18H25Cl2N3OS2. The second-order valence-corrected chi connectivity index (χ2v) is 8.71. The second kappa shape index (κ2) is 9.95. The van der Waals surface area contributed by atoms with Crippen LogP contribution < -0.4 is 5.73 Å². The van der Waals surface area contributed by atoms with Gasteiger partial charge < -0.3 is 10.6 Å². The highest BCUT2D eigenvalue weighted by Crippen LogP contribution is 2.32. The number of aromatic nitrogens is 1. The van der Waals surface area contributed by atoms with Crippen LogP contribution in [-0.2, 0) is 5.75 Å². The SMILES string of the molecule is Cc1nc(CSc2ccccc2C(=O)N2CCC(C)(CN)C2)cs1.Cl.Cl. The second-order valence-electron chi connectivity index (χ2n) is 6.63. The van der Waals surface area contributed by atoms with Crippen molar-refractivity contribution in [2.45, 2.75) is 30.9 Å². The van der Waals surface area contributed by atoms with Crippen molar-refractivity contribution in [2.75, 3.05) is 19.6 Å². The smallest absolute Gasteiger partial charge is 0.255 e. The molecule has 1 fully saturated rings. The Bertz CT molecular complexity index is 741. The topological polar surface area (TPSA) is 59.2 Å². The molecule has 3 rings (SSSR count). The maximum atomic E-state index is 12.9. The standard InChI is InChI=1S/C18H23N3OS2.2ClH/c1-13-20-14(9-23-13)10-24-16-6-4-3-5-15(16)17(22)21-8-7-18(2,11-19)12-21;;/h3-6,9H,7-8,10-12,19H2,1-2H3;2*1H. The molecule has 0 aliphatic carbocycles. The van der Waals surface area contributed by atoms with Gasteiger partial charge in [0.25, 0.3) is 5.91 Å². The number of carbonyl (C=O) groups excluding carboxylic acids is 1. The molecule has 0 radical (unpaired) electrons. The molecule has 1 aliphatic heterocycles. The van der Waals surface area contributed by atoms with Crippen molar-refractivity contribution in [2.24, 2.45) is 11.1 Å². The molecule has 1 aromatic heterocycles. The van der Waals surface area contributed by atoms with Gasteiger partial charge in [-0.2, -0.15) is 0 Å². The minimum atomic E-state index is 0. The molecule has 144 valence electrons. The Balaban J connectivity index is 0.00000169. The third-order valence-electron chi connectivity index (χ3n) is 4.50. The van der Waals surface area contributed by atoms with Crippen LogP contribution in [0.15, 0.2) is 34.5 Å². The molecule has 0 saturated carbocycles. The van der Waals surface area contributed by atoms with Crippen LogP contribution in [0.2, 0.25) is 0 Å². The summed E-state index contributed by atoms with van der Waals surface area (Å²) in [7, 11) is 0. The molecule has 26 heavy (non-hydrogen) atoms. The summed E-state index contributed by atoms with van der Waals surface area (Å²) in [4.78, 5) is 20.4. The lowest BCUT2D eigenvalue weighted by molar-refractivity contribution is 0.0773. The van der Waals surface area contributed by atoms with E-state index >= 15 is 0 Å². The normalized spacial score (nSPS) is 19.0. The maximum absolute atomic E-state index is 12.9. The van der Waals surface area contributed by atoms with Crippen LogP contribution in [0, 0.1) is 12.3 Å². The minimum Gasteiger partial charge on any atom is -0.338 e. The molecule has 0 bridgehead atoms. The Hall–Kier alpha value is -0.790. The van der Waals surface area contributed by atoms with Gasteiger partial charge in [-0.05, 0) is 37.4 Å². The number of amides is 1. The molecule has 2 heterocycles. The largest absolute Gasteiger partial charge is 0.338 e. The fraction of sp³-hybridized carbons (Fsp3) is 0.444. The third-order valence-corrected chi connectivity index (χ3v) is 6.43. The van der Waals surface area contributed by atoms with E-state index < -0.39 is 0 Å². The quantitative estimate of drug-likeness (QED) is 0.709. The molecule has 1 aliphatic rings. The summed E-state index contributed by atoms with van der Waals surface area (Å²) in [6.07, 6.45) is 0.975. The van der Waals surface area contributed by atoms with Crippen molar-refractivity contribution in [3.05, 3.63) is 45.9 Å². The van der Waals surface area contributed by atoms with Crippen LogP contribution in [0.3, 0.4) is 0 Å². The zero-order chi connectivity index (χ0) is 17.2. The van der Waals surface area contributed by atoms with Crippen molar-refractivity contribution in [1.29, 1.82) is 0 Å². The Morgan fingerprint density at radius 1 is 1.38 bits per heavy atom. The highest BCUT2D eigenvalue weighted by atomic mass is 35.5. The highest BCUT2D eigenvalue weighted by molar-refractivity contribution is 7.98. The van der Waals surface area contributed by atoms with E-state index in [1.807, 2.05) is 36.1 Å². The van der Waals surface area contributed by atoms with E-state index in [-0.39, 0.29) is 36.1 Å². The Morgan fingerprint density at radius 2 is 2.12 bits per heavy atom. The van der Waals surface area contributed by atoms with Crippen LogP contribution in [0.4, 0.5) is 0 Å². The monoisotopic (exact) mass is 433 g/mol. The number of rotatable bonds is 5. The van der Waals surface area contributed by atoms with E-state index in [1.165, 1.54) is 0 Å². The number of benzene rings is 1. The van der Waals surface area contributed by atoms with E-state index in [2.05, 4.69) is 17.3 Å². The number of carbonyl (C=O) groups is 1. The first-order valence-corrected chi connectivity index (χ1v) is 9.99. The molecular weight excluding hydrogens is 409 g/mol. The zero-order valence-electron chi connectivity index (χ0n) is 14.9. The van der Waals surface area contributed by atoms with Gasteiger partial charge in [0.05, 0.1) is 16.3 Å². The number of nitrogens with zero attached hydrogens (tertiary/aromatic N) is 2. The summed E-state index contributed by atoms with van der Waals surface area (Å²) >= 11 is 3.34. The summed E-state index contributed by atoms with van der Waals surface area (Å²) in [6, 6.07) is 7.87. The number of nitrogens with two attached hydrogens (primary N) is 1. The van der Waals surface area contributed by atoms with Crippen LogP contribution in [0.25, 0.3) is 0 Å². The fourth-order valence-electron chi connectivity index (χ4n) is 2.93. The highest BCUT2D eigenvalue weighted by Gasteiger charge is 2.35. The zero-order valence-corrected chi connectivity index (χ0v) is 18.2. The van der Waals surface area contributed by atoms with E-state index in [9.17, 15) is 4.79 Å². The van der Waals surface area contributed by atoms with Gasteiger partial charge in [0.2, 0.25) is 0 Å². The van der Waals surface area contributed by atoms with E-state index in [0.717, 1.165) is 46.4 Å². The molecule has 1 atom stereocenters. The molecule has 2 N–H and O–H groups in total. The third kappa shape index (κ3) is 5.36. The Labute approximate surface area is 175 Å². The van der Waals surface area contributed by atoms with Gasteiger partial charge in [-0.1, -0.05) is 19.1 Å². The summed E-state index contributed by atoms with van der Waals surface area (Å²) in [5.74, 6) is 0.902. The summed E-state index contributed by atoms with van der Waals surface area (Å²) in [6.45, 7) is 6.32. The predicted octanol–water partition coefficient (Wildman–Crippen LogP) is 4.40. The molecule has 4 nitrogen and oxygen atoms in total. The van der Waals surface area contributed by atoms with Crippen molar-refractivity contribution in [3.8, 4) is 0 Å². The number of thiazole rings is 1. The summed E-state index contributed by atoms with van der Waals surface area (Å²) in [5, 5.41) is 3.16. The molecule has 1 amide bonds. The van der Waals surface area contributed by atoms with Crippen molar-refractivity contribution in [3.63, 3.8) is 0 Å². The fourth-order valence-corrected chi connectivity index (χ4v) is 4.58. The number of thioether (sulfide) groups is 1. The number of hydrogen-bond acceptors (Lipinski definition) is 5. The maximum Gasteiger partial charge on any atom is 0.255 e. The summed E-state index contributed by atoms with van der Waals surface area (Å²) in [5.41, 5.74) is 7.78. The predicted molar refractivity (Wildman–Crippen MR) is 115 cm³/mol. The average molecular weight is 434 g/mol. The minimum absolute atomic E-state index is 0.